The first-order chi connectivity index (χ1) is 12.6. The molecule has 154 valence electrons. The van der Waals surface area contributed by atoms with Crippen LogP contribution in [0.2, 0.25) is 0 Å². The molecule has 0 spiro atoms. The molecule has 1 aromatic rings. The Balaban J connectivity index is 0.00000676. The smallest absolute Gasteiger partial charge is 0.251 e. The third-order valence-electron chi connectivity index (χ3n) is 3.62. The summed E-state index contributed by atoms with van der Waals surface area (Å²) in [5.74, 6) is 0.715. The van der Waals surface area contributed by atoms with Gasteiger partial charge in [0.05, 0.1) is 6.54 Å². The van der Waals surface area contributed by atoms with E-state index in [1.807, 2.05) is 50.2 Å². The number of hydrogen-bond donors (Lipinski definition) is 3. The van der Waals surface area contributed by atoms with E-state index in [0.717, 1.165) is 44.2 Å². The maximum Gasteiger partial charge on any atom is 0.251 e. The van der Waals surface area contributed by atoms with Crippen LogP contribution in [0.4, 0.5) is 0 Å². The maximum absolute atomic E-state index is 12.2. The number of aliphatic imine (C=N–C) groups is 1. The Morgan fingerprint density at radius 3 is 2.63 bits per heavy atom. The fourth-order valence-electron chi connectivity index (χ4n) is 2.24. The summed E-state index contributed by atoms with van der Waals surface area (Å²) < 4.78 is 5.05. The van der Waals surface area contributed by atoms with E-state index in [1.54, 1.807) is 7.11 Å². The summed E-state index contributed by atoms with van der Waals surface area (Å²) >= 11 is 0. The van der Waals surface area contributed by atoms with Crippen LogP contribution in [0, 0.1) is 0 Å². The summed E-state index contributed by atoms with van der Waals surface area (Å²) in [6.45, 7) is 6.31. The highest BCUT2D eigenvalue weighted by atomic mass is 127. The Bertz CT molecular complexity index is 567. The predicted molar refractivity (Wildman–Crippen MR) is 122 cm³/mol. The number of amides is 1. The van der Waals surface area contributed by atoms with E-state index in [2.05, 4.69) is 20.9 Å². The van der Waals surface area contributed by atoms with Crippen molar-refractivity contribution < 1.29 is 9.53 Å². The van der Waals surface area contributed by atoms with Crippen LogP contribution in [-0.2, 0) is 11.3 Å². The lowest BCUT2D eigenvalue weighted by atomic mass is 10.1. The highest BCUT2D eigenvalue weighted by molar-refractivity contribution is 14.0. The highest BCUT2D eigenvalue weighted by Gasteiger charge is 2.06. The number of ether oxygens (including phenoxy) is 1. The number of carbonyl (C=O) groups is 1. The molecule has 0 aliphatic heterocycles. The van der Waals surface area contributed by atoms with E-state index in [9.17, 15) is 4.79 Å². The van der Waals surface area contributed by atoms with Gasteiger partial charge in [0.25, 0.3) is 5.91 Å². The predicted octanol–water partition coefficient (Wildman–Crippen LogP) is 1.69. The average Bonchev–Trinajstić information content (AvgIpc) is 2.63. The van der Waals surface area contributed by atoms with Gasteiger partial charge in [-0.3, -0.25) is 4.79 Å². The Morgan fingerprint density at radius 1 is 1.19 bits per heavy atom. The Labute approximate surface area is 180 Å². The minimum absolute atomic E-state index is 0. The maximum atomic E-state index is 12.2. The molecule has 0 radical (unpaired) electrons. The molecule has 0 aliphatic carbocycles. The van der Waals surface area contributed by atoms with Crippen LogP contribution < -0.4 is 16.0 Å². The zero-order chi connectivity index (χ0) is 19.2. The third kappa shape index (κ3) is 11.8. The lowest BCUT2D eigenvalue weighted by Gasteiger charge is -2.12. The Morgan fingerprint density at radius 2 is 1.96 bits per heavy atom. The quantitative estimate of drug-likeness (QED) is 0.190. The molecule has 0 saturated carbocycles. The van der Waals surface area contributed by atoms with E-state index in [4.69, 9.17) is 4.74 Å². The van der Waals surface area contributed by atoms with Crippen molar-refractivity contribution in [1.29, 1.82) is 0 Å². The summed E-state index contributed by atoms with van der Waals surface area (Å²) in [6.07, 6.45) is 0.920. The van der Waals surface area contributed by atoms with Gasteiger partial charge in [-0.1, -0.05) is 12.1 Å². The van der Waals surface area contributed by atoms with Crippen LogP contribution in [-0.4, -0.2) is 70.8 Å². The van der Waals surface area contributed by atoms with E-state index in [1.165, 1.54) is 0 Å². The normalized spacial score (nSPS) is 11.1. The molecule has 0 aromatic heterocycles. The topological polar surface area (TPSA) is 78.0 Å². The third-order valence-corrected chi connectivity index (χ3v) is 3.62. The molecule has 1 aromatic carbocycles. The number of methoxy groups -OCH3 is 1. The van der Waals surface area contributed by atoms with Crippen molar-refractivity contribution in [3.05, 3.63) is 35.4 Å². The molecule has 1 amide bonds. The summed E-state index contributed by atoms with van der Waals surface area (Å²) in [7, 11) is 5.66. The monoisotopic (exact) mass is 491 g/mol. The summed E-state index contributed by atoms with van der Waals surface area (Å²) in [6, 6.07) is 7.59. The minimum atomic E-state index is -0.0534. The number of hydrogen-bond acceptors (Lipinski definition) is 4. The number of halogens is 1. The van der Waals surface area contributed by atoms with Gasteiger partial charge in [-0.05, 0) is 45.1 Å². The molecule has 1 rings (SSSR count). The second-order valence-electron chi connectivity index (χ2n) is 6.23. The lowest BCUT2D eigenvalue weighted by Crippen LogP contribution is -2.38. The van der Waals surface area contributed by atoms with Crippen molar-refractivity contribution in [3.63, 3.8) is 0 Å². The van der Waals surface area contributed by atoms with Crippen LogP contribution in [0.3, 0.4) is 0 Å². The zero-order valence-corrected chi connectivity index (χ0v) is 19.2. The number of nitrogens with one attached hydrogen (secondary N) is 3. The van der Waals surface area contributed by atoms with Crippen molar-refractivity contribution in [3.8, 4) is 0 Å². The Kier molecular flexibility index (Phi) is 14.8. The molecule has 7 nitrogen and oxygen atoms in total. The average molecular weight is 491 g/mol. The van der Waals surface area contributed by atoms with Gasteiger partial charge in [0.15, 0.2) is 5.96 Å². The molecule has 27 heavy (non-hydrogen) atoms. The molecule has 0 fully saturated rings. The highest BCUT2D eigenvalue weighted by Crippen LogP contribution is 2.06. The van der Waals surface area contributed by atoms with Crippen molar-refractivity contribution in [1.82, 2.24) is 20.9 Å². The number of rotatable bonds is 11. The van der Waals surface area contributed by atoms with Crippen LogP contribution in [0.25, 0.3) is 0 Å². The number of nitrogens with zero attached hydrogens (tertiary/aromatic N) is 2. The van der Waals surface area contributed by atoms with Crippen LogP contribution >= 0.6 is 24.0 Å². The van der Waals surface area contributed by atoms with Gasteiger partial charge >= 0.3 is 0 Å². The van der Waals surface area contributed by atoms with Gasteiger partial charge in [-0.15, -0.1) is 24.0 Å². The molecule has 0 aliphatic rings. The number of likely N-dealkylation sites (N-methyl/N-ethyl adjacent to an activating group) is 1. The second-order valence-corrected chi connectivity index (χ2v) is 6.23. The van der Waals surface area contributed by atoms with Gasteiger partial charge in [0.1, 0.15) is 0 Å². The van der Waals surface area contributed by atoms with E-state index >= 15 is 0 Å². The van der Waals surface area contributed by atoms with Crippen molar-refractivity contribution in [2.45, 2.75) is 19.9 Å². The zero-order valence-electron chi connectivity index (χ0n) is 16.9. The van der Waals surface area contributed by atoms with Crippen LogP contribution in [0.1, 0.15) is 29.3 Å². The molecule has 0 saturated heterocycles. The van der Waals surface area contributed by atoms with E-state index in [0.29, 0.717) is 18.7 Å². The van der Waals surface area contributed by atoms with Crippen LogP contribution in [0.15, 0.2) is 29.3 Å². The van der Waals surface area contributed by atoms with Gasteiger partial charge in [-0.25, -0.2) is 4.99 Å². The van der Waals surface area contributed by atoms with E-state index in [-0.39, 0.29) is 29.9 Å². The number of guanidine groups is 1. The summed E-state index contributed by atoms with van der Waals surface area (Å²) in [5.41, 5.74) is 1.66. The first-order valence-corrected chi connectivity index (χ1v) is 9.09. The fraction of sp³-hybridized carbons (Fsp3) is 0.579. The fourth-order valence-corrected chi connectivity index (χ4v) is 2.24. The number of carbonyl (C=O) groups excluding carboxylic acids is 1. The molecule has 3 N–H and O–H groups in total. The Hall–Kier alpha value is -1.39. The molecule has 8 heteroatoms. The molecule has 0 atom stereocenters. The number of benzene rings is 1. The van der Waals surface area contributed by atoms with Crippen molar-refractivity contribution >= 4 is 35.8 Å². The SMILES string of the molecule is CCNC(=NCc1cccc(C(=O)NCCN(C)C)c1)NCCCOC.I. The van der Waals surface area contributed by atoms with Crippen molar-refractivity contribution in [2.24, 2.45) is 4.99 Å². The first kappa shape index (κ1) is 25.6. The largest absolute Gasteiger partial charge is 0.385 e. The van der Waals surface area contributed by atoms with Gasteiger partial charge in [0, 0.05) is 45.5 Å². The lowest BCUT2D eigenvalue weighted by molar-refractivity contribution is 0.0951. The molecular formula is C19H34IN5O2. The minimum Gasteiger partial charge on any atom is -0.385 e. The first-order valence-electron chi connectivity index (χ1n) is 9.09. The summed E-state index contributed by atoms with van der Waals surface area (Å²) in [4.78, 5) is 18.8. The van der Waals surface area contributed by atoms with Gasteiger partial charge < -0.3 is 25.6 Å². The summed E-state index contributed by atoms with van der Waals surface area (Å²) in [5, 5.41) is 9.43. The second kappa shape index (κ2) is 15.6. The van der Waals surface area contributed by atoms with Crippen LogP contribution in [0.5, 0.6) is 0 Å². The molecular weight excluding hydrogens is 457 g/mol. The molecule has 0 heterocycles. The molecule has 0 bridgehead atoms. The van der Waals surface area contributed by atoms with Gasteiger partial charge in [0.2, 0.25) is 0 Å². The van der Waals surface area contributed by atoms with Gasteiger partial charge in [-0.2, -0.15) is 0 Å². The van der Waals surface area contributed by atoms with Crippen molar-refractivity contribution in [2.75, 3.05) is 54.0 Å². The van der Waals surface area contributed by atoms with E-state index < -0.39 is 0 Å². The standard InChI is InChI=1S/C19H33N5O2.HI/c1-5-20-19(22-10-7-13-26-4)23-15-16-8-6-9-17(14-16)18(25)21-11-12-24(2)3;/h6,8-9,14H,5,7,10-13,15H2,1-4H3,(H,21,25)(H2,20,22,23);1H. The molecule has 0 unspecified atom stereocenters.